The van der Waals surface area contributed by atoms with Gasteiger partial charge in [-0.1, -0.05) is 23.2 Å². The van der Waals surface area contributed by atoms with E-state index in [1.54, 1.807) is 0 Å². The zero-order valence-corrected chi connectivity index (χ0v) is 20.9. The normalized spacial score (nSPS) is 19.1. The minimum Gasteiger partial charge on any atom is -0.340 e. The van der Waals surface area contributed by atoms with Crippen molar-refractivity contribution < 1.29 is 13.2 Å². The molecular weight excluding hydrogens is 483 g/mol. The van der Waals surface area contributed by atoms with Crippen LogP contribution >= 0.6 is 23.2 Å². The molecule has 0 radical (unpaired) electrons. The van der Waals surface area contributed by atoms with Crippen LogP contribution in [0.3, 0.4) is 0 Å². The Balaban J connectivity index is 1.29. The Labute approximate surface area is 205 Å². The maximum atomic E-state index is 13.1. The van der Waals surface area contributed by atoms with Gasteiger partial charge in [0, 0.05) is 60.6 Å². The summed E-state index contributed by atoms with van der Waals surface area (Å²) in [5.41, 5.74) is 2.25. The molecule has 0 atom stereocenters. The second-order valence-corrected chi connectivity index (χ2v) is 11.5. The maximum absolute atomic E-state index is 13.1. The summed E-state index contributed by atoms with van der Waals surface area (Å²) in [6, 6.07) is 8.45. The number of halogens is 2. The van der Waals surface area contributed by atoms with Crippen LogP contribution < -0.4 is 0 Å². The number of nitrogens with zero attached hydrogens (tertiary/aromatic N) is 4. The van der Waals surface area contributed by atoms with Crippen LogP contribution in [0.5, 0.6) is 0 Å². The molecule has 4 rings (SSSR count). The van der Waals surface area contributed by atoms with Gasteiger partial charge in [0.1, 0.15) is 0 Å². The second kappa shape index (κ2) is 10.3. The topological polar surface area (TPSA) is 73.8 Å². The first-order chi connectivity index (χ1) is 15.7. The Morgan fingerprint density at radius 2 is 1.64 bits per heavy atom. The highest BCUT2D eigenvalue weighted by Crippen LogP contribution is 2.27. The lowest BCUT2D eigenvalue weighted by atomic mass is 9.94. The van der Waals surface area contributed by atoms with E-state index in [4.69, 9.17) is 23.2 Å². The fourth-order valence-electron chi connectivity index (χ4n) is 4.53. The predicted octanol–water partition coefficient (Wildman–Crippen LogP) is 3.44. The number of carbonyl (C=O) groups excluding carboxylic acids is 1. The van der Waals surface area contributed by atoms with Crippen LogP contribution in [0.4, 0.5) is 0 Å². The van der Waals surface area contributed by atoms with Crippen molar-refractivity contribution in [3.05, 3.63) is 57.8 Å². The molecular formula is C23H28Cl2N4O3S. The Morgan fingerprint density at radius 3 is 2.24 bits per heavy atom. The minimum absolute atomic E-state index is 0.00433. The summed E-state index contributed by atoms with van der Waals surface area (Å²) in [4.78, 5) is 21.6. The number of amides is 1. The molecule has 0 bridgehead atoms. The fourth-order valence-corrected chi connectivity index (χ4v) is 6.68. The van der Waals surface area contributed by atoms with Crippen LogP contribution in [0.1, 0.15) is 24.1 Å². The standard InChI is InChI=1S/C23H28Cl2N4O3S/c1-17-12-18(2-5-26-17)16-27-6-3-19(4-7-27)23(30)28-8-10-29(11-9-28)33(31,32)22-14-20(24)13-21(25)15-22/h2,5,12-15,19H,3-4,6-11,16H2,1H3. The largest absolute Gasteiger partial charge is 0.340 e. The molecule has 1 amide bonds. The van der Waals surface area contributed by atoms with Crippen LogP contribution in [-0.4, -0.2) is 72.7 Å². The van der Waals surface area contributed by atoms with Crippen LogP contribution in [0, 0.1) is 12.8 Å². The summed E-state index contributed by atoms with van der Waals surface area (Å²) >= 11 is 12.0. The first kappa shape index (κ1) is 24.4. The van der Waals surface area contributed by atoms with Crippen molar-refractivity contribution in [2.45, 2.75) is 31.2 Å². The van der Waals surface area contributed by atoms with Crippen LogP contribution in [0.15, 0.2) is 41.4 Å². The third-order valence-electron chi connectivity index (χ3n) is 6.33. The highest BCUT2D eigenvalue weighted by Gasteiger charge is 2.34. The Kier molecular flexibility index (Phi) is 7.60. The molecule has 33 heavy (non-hydrogen) atoms. The summed E-state index contributed by atoms with van der Waals surface area (Å²) in [6.45, 7) is 5.92. The Morgan fingerprint density at radius 1 is 1.00 bits per heavy atom. The van der Waals surface area contributed by atoms with Crippen LogP contribution in [0.2, 0.25) is 10.0 Å². The molecule has 2 saturated heterocycles. The molecule has 178 valence electrons. The lowest BCUT2D eigenvalue weighted by Gasteiger charge is -2.38. The van der Waals surface area contributed by atoms with E-state index in [0.717, 1.165) is 38.2 Å². The number of rotatable bonds is 5. The molecule has 0 N–H and O–H groups in total. The number of hydrogen-bond acceptors (Lipinski definition) is 5. The van der Waals surface area contributed by atoms with E-state index in [9.17, 15) is 13.2 Å². The summed E-state index contributed by atoms with van der Waals surface area (Å²) < 4.78 is 27.3. The van der Waals surface area contributed by atoms with Gasteiger partial charge in [0.25, 0.3) is 0 Å². The molecule has 0 aliphatic carbocycles. The molecule has 3 heterocycles. The average molecular weight is 511 g/mol. The van der Waals surface area contributed by atoms with Crippen molar-refractivity contribution in [2.24, 2.45) is 5.92 Å². The average Bonchev–Trinajstić information content (AvgIpc) is 2.78. The van der Waals surface area contributed by atoms with Gasteiger partial charge in [-0.05, 0) is 68.8 Å². The van der Waals surface area contributed by atoms with Crippen molar-refractivity contribution in [1.82, 2.24) is 19.1 Å². The van der Waals surface area contributed by atoms with E-state index in [2.05, 4.69) is 16.0 Å². The van der Waals surface area contributed by atoms with Gasteiger partial charge >= 0.3 is 0 Å². The molecule has 2 fully saturated rings. The molecule has 2 aliphatic rings. The highest BCUT2D eigenvalue weighted by atomic mass is 35.5. The zero-order chi connectivity index (χ0) is 23.6. The SMILES string of the molecule is Cc1cc(CN2CCC(C(=O)N3CCN(S(=O)(=O)c4cc(Cl)cc(Cl)c4)CC3)CC2)ccn1. The number of pyridine rings is 1. The van der Waals surface area contributed by atoms with Crippen molar-refractivity contribution in [3.8, 4) is 0 Å². The third kappa shape index (κ3) is 5.87. The van der Waals surface area contributed by atoms with Crippen molar-refractivity contribution in [2.75, 3.05) is 39.3 Å². The Bertz CT molecular complexity index is 1090. The number of benzene rings is 1. The number of piperidine rings is 1. The van der Waals surface area contributed by atoms with Gasteiger partial charge in [0.2, 0.25) is 15.9 Å². The van der Waals surface area contributed by atoms with E-state index in [1.807, 2.05) is 24.1 Å². The van der Waals surface area contributed by atoms with Crippen molar-refractivity contribution in [1.29, 1.82) is 0 Å². The van der Waals surface area contributed by atoms with E-state index >= 15 is 0 Å². The lowest BCUT2D eigenvalue weighted by Crippen LogP contribution is -2.52. The number of likely N-dealkylation sites (tertiary alicyclic amines) is 1. The van der Waals surface area contributed by atoms with E-state index < -0.39 is 10.0 Å². The number of sulfonamides is 1. The summed E-state index contributed by atoms with van der Waals surface area (Å²) in [7, 11) is -3.71. The van der Waals surface area contributed by atoms with Gasteiger partial charge in [-0.15, -0.1) is 0 Å². The molecule has 2 aliphatic heterocycles. The smallest absolute Gasteiger partial charge is 0.243 e. The molecule has 0 unspecified atom stereocenters. The molecule has 0 spiro atoms. The van der Waals surface area contributed by atoms with E-state index in [1.165, 1.54) is 28.1 Å². The van der Waals surface area contributed by atoms with Gasteiger partial charge < -0.3 is 4.90 Å². The van der Waals surface area contributed by atoms with Gasteiger partial charge in [-0.2, -0.15) is 4.31 Å². The number of hydrogen-bond donors (Lipinski definition) is 0. The number of aromatic nitrogens is 1. The number of aryl methyl sites for hydroxylation is 1. The molecule has 1 aromatic heterocycles. The van der Waals surface area contributed by atoms with Crippen LogP contribution in [0.25, 0.3) is 0 Å². The van der Waals surface area contributed by atoms with Gasteiger partial charge in [0.15, 0.2) is 0 Å². The predicted molar refractivity (Wildman–Crippen MR) is 129 cm³/mol. The third-order valence-corrected chi connectivity index (χ3v) is 8.64. The highest BCUT2D eigenvalue weighted by molar-refractivity contribution is 7.89. The Hall–Kier alpha value is -1.71. The summed E-state index contributed by atoms with van der Waals surface area (Å²) in [5, 5.41) is 0.556. The molecule has 0 saturated carbocycles. The van der Waals surface area contributed by atoms with Crippen molar-refractivity contribution in [3.63, 3.8) is 0 Å². The molecule has 1 aromatic carbocycles. The molecule has 2 aromatic rings. The number of piperazine rings is 1. The van der Waals surface area contributed by atoms with Gasteiger partial charge in [-0.3, -0.25) is 14.7 Å². The van der Waals surface area contributed by atoms with Crippen LogP contribution in [-0.2, 0) is 21.4 Å². The maximum Gasteiger partial charge on any atom is 0.243 e. The first-order valence-electron chi connectivity index (χ1n) is 11.1. The zero-order valence-electron chi connectivity index (χ0n) is 18.6. The fraction of sp³-hybridized carbons (Fsp3) is 0.478. The van der Waals surface area contributed by atoms with E-state index in [0.29, 0.717) is 13.1 Å². The van der Waals surface area contributed by atoms with Gasteiger partial charge in [-0.25, -0.2) is 8.42 Å². The summed E-state index contributed by atoms with van der Waals surface area (Å²) in [5.74, 6) is 0.132. The molecule has 10 heteroatoms. The minimum atomic E-state index is -3.71. The van der Waals surface area contributed by atoms with Gasteiger partial charge in [0.05, 0.1) is 4.90 Å². The quantitative estimate of drug-likeness (QED) is 0.615. The second-order valence-electron chi connectivity index (χ2n) is 8.69. The monoisotopic (exact) mass is 510 g/mol. The number of carbonyl (C=O) groups is 1. The summed E-state index contributed by atoms with van der Waals surface area (Å²) in [6.07, 6.45) is 3.48. The molecule has 7 nitrogen and oxygen atoms in total. The van der Waals surface area contributed by atoms with E-state index in [-0.39, 0.29) is 39.9 Å². The lowest BCUT2D eigenvalue weighted by molar-refractivity contribution is -0.138. The van der Waals surface area contributed by atoms with Crippen molar-refractivity contribution >= 4 is 39.1 Å². The first-order valence-corrected chi connectivity index (χ1v) is 13.3.